The summed E-state index contributed by atoms with van der Waals surface area (Å²) in [7, 11) is 1.37. The van der Waals surface area contributed by atoms with Gasteiger partial charge >= 0.3 is 5.97 Å². The van der Waals surface area contributed by atoms with E-state index in [0.29, 0.717) is 34.3 Å². The van der Waals surface area contributed by atoms with Crippen LogP contribution in [0.25, 0.3) is 11.3 Å². The van der Waals surface area contributed by atoms with Crippen LogP contribution in [0, 0.1) is 0 Å². The maximum absolute atomic E-state index is 12.3. The molecule has 0 spiro atoms. The Morgan fingerprint density at radius 3 is 2.71 bits per heavy atom. The predicted molar refractivity (Wildman–Crippen MR) is 131 cm³/mol. The minimum absolute atomic E-state index is 0.208. The number of rotatable bonds is 6. The molecular formula is C26H22N4O3S. The van der Waals surface area contributed by atoms with Gasteiger partial charge in [0.25, 0.3) is 0 Å². The van der Waals surface area contributed by atoms with Crippen molar-refractivity contribution in [3.8, 4) is 11.3 Å². The van der Waals surface area contributed by atoms with Crippen molar-refractivity contribution in [3.05, 3.63) is 108 Å². The highest BCUT2D eigenvalue weighted by molar-refractivity contribution is 7.80. The number of pyridine rings is 2. The molecule has 0 radical (unpaired) electrons. The average molecular weight is 471 g/mol. The van der Waals surface area contributed by atoms with Gasteiger partial charge in [-0.05, 0) is 54.2 Å². The second kappa shape index (κ2) is 9.44. The Balaban J connectivity index is 1.55. The molecule has 0 unspecified atom stereocenters. The lowest BCUT2D eigenvalue weighted by molar-refractivity contribution is 0.0601. The van der Waals surface area contributed by atoms with Gasteiger partial charge in [0.1, 0.15) is 17.6 Å². The molecule has 34 heavy (non-hydrogen) atoms. The Morgan fingerprint density at radius 1 is 1.09 bits per heavy atom. The van der Waals surface area contributed by atoms with Crippen molar-refractivity contribution in [2.75, 3.05) is 7.11 Å². The predicted octanol–water partition coefficient (Wildman–Crippen LogP) is 4.70. The highest BCUT2D eigenvalue weighted by Gasteiger charge is 2.41. The lowest BCUT2D eigenvalue weighted by Gasteiger charge is -2.26. The molecule has 7 nitrogen and oxygen atoms in total. The summed E-state index contributed by atoms with van der Waals surface area (Å²) >= 11 is 5.73. The molecular weight excluding hydrogens is 448 g/mol. The van der Waals surface area contributed by atoms with E-state index in [-0.39, 0.29) is 12.1 Å². The summed E-state index contributed by atoms with van der Waals surface area (Å²) in [5.74, 6) is 0.873. The Hall–Kier alpha value is -4.04. The summed E-state index contributed by atoms with van der Waals surface area (Å²) in [5, 5.41) is 4.03. The summed E-state index contributed by atoms with van der Waals surface area (Å²) < 4.78 is 11.3. The molecule has 1 N–H and O–H groups in total. The number of aromatic nitrogens is 2. The van der Waals surface area contributed by atoms with Crippen LogP contribution < -0.4 is 5.32 Å². The number of hydrogen-bond acceptors (Lipinski definition) is 6. The quantitative estimate of drug-likeness (QED) is 0.321. The zero-order valence-corrected chi connectivity index (χ0v) is 19.2. The van der Waals surface area contributed by atoms with Crippen LogP contribution in [-0.2, 0) is 11.3 Å². The molecule has 2 atom stereocenters. The molecule has 3 aromatic heterocycles. The van der Waals surface area contributed by atoms with Crippen LogP contribution in [0.3, 0.4) is 0 Å². The SMILES string of the molecule is COC(=O)c1ccccc1-c1ccc([C@H]2[C@H](c3ccccn3)NC(=S)N2Cc2cccnc2)o1. The molecule has 1 saturated heterocycles. The number of furan rings is 1. The monoisotopic (exact) mass is 470 g/mol. The van der Waals surface area contributed by atoms with Gasteiger partial charge in [0, 0.05) is 30.7 Å². The molecule has 1 aromatic carbocycles. The maximum atomic E-state index is 12.3. The number of carbonyl (C=O) groups excluding carboxylic acids is 1. The van der Waals surface area contributed by atoms with Crippen molar-refractivity contribution in [2.24, 2.45) is 0 Å². The summed E-state index contributed by atoms with van der Waals surface area (Å²) in [6, 6.07) is 20.3. The third kappa shape index (κ3) is 4.15. The standard InChI is InChI=1S/C26H22N4O3S/c1-32-25(31)19-9-3-2-8-18(19)21-11-12-22(33-21)24-23(20-10-4-5-14-28-20)29-26(34)30(24)16-17-7-6-13-27-15-17/h2-15,23-24H,16H2,1H3,(H,29,34)/t23-,24-/m0/s1. The van der Waals surface area contributed by atoms with Crippen LogP contribution in [0.4, 0.5) is 0 Å². The number of esters is 1. The highest BCUT2D eigenvalue weighted by Crippen LogP contribution is 2.41. The van der Waals surface area contributed by atoms with Crippen LogP contribution in [0.1, 0.15) is 39.5 Å². The molecule has 0 aliphatic carbocycles. The molecule has 4 heterocycles. The van der Waals surface area contributed by atoms with E-state index in [1.165, 1.54) is 7.11 Å². The fourth-order valence-electron chi connectivity index (χ4n) is 4.22. The van der Waals surface area contributed by atoms with E-state index in [9.17, 15) is 4.79 Å². The van der Waals surface area contributed by atoms with Crippen LogP contribution in [0.5, 0.6) is 0 Å². The third-order valence-corrected chi connectivity index (χ3v) is 6.14. The molecule has 170 valence electrons. The van der Waals surface area contributed by atoms with Crippen molar-refractivity contribution < 1.29 is 13.9 Å². The molecule has 1 aliphatic heterocycles. The summed E-state index contributed by atoms with van der Waals surface area (Å²) in [5.41, 5.74) is 3.00. The van der Waals surface area contributed by atoms with Crippen molar-refractivity contribution in [1.29, 1.82) is 0 Å². The van der Waals surface area contributed by atoms with Crippen LogP contribution in [0.2, 0.25) is 0 Å². The smallest absolute Gasteiger partial charge is 0.338 e. The van der Waals surface area contributed by atoms with E-state index in [0.717, 1.165) is 11.3 Å². The second-order valence-electron chi connectivity index (χ2n) is 7.85. The lowest BCUT2D eigenvalue weighted by Crippen LogP contribution is -2.29. The fraction of sp³-hybridized carbons (Fsp3) is 0.154. The van der Waals surface area contributed by atoms with Gasteiger partial charge < -0.3 is 19.4 Å². The van der Waals surface area contributed by atoms with Gasteiger partial charge in [0.15, 0.2) is 5.11 Å². The van der Waals surface area contributed by atoms with Gasteiger partial charge in [-0.1, -0.05) is 30.3 Å². The Morgan fingerprint density at radius 2 is 1.94 bits per heavy atom. The third-order valence-electron chi connectivity index (χ3n) is 5.79. The summed E-state index contributed by atoms with van der Waals surface area (Å²) in [6.07, 6.45) is 5.34. The highest BCUT2D eigenvalue weighted by atomic mass is 32.1. The summed E-state index contributed by atoms with van der Waals surface area (Å²) in [4.78, 5) is 23.2. The normalized spacial score (nSPS) is 17.4. The maximum Gasteiger partial charge on any atom is 0.338 e. The van der Waals surface area contributed by atoms with E-state index in [4.69, 9.17) is 21.4 Å². The first-order chi connectivity index (χ1) is 16.7. The van der Waals surface area contributed by atoms with Crippen LogP contribution >= 0.6 is 12.2 Å². The molecule has 1 aliphatic rings. The molecule has 4 aromatic rings. The van der Waals surface area contributed by atoms with Crippen molar-refractivity contribution in [1.82, 2.24) is 20.2 Å². The number of ether oxygens (including phenoxy) is 1. The molecule has 5 rings (SSSR count). The van der Waals surface area contributed by atoms with Crippen molar-refractivity contribution >= 4 is 23.3 Å². The second-order valence-corrected chi connectivity index (χ2v) is 8.24. The topological polar surface area (TPSA) is 80.5 Å². The average Bonchev–Trinajstić information content (AvgIpc) is 3.49. The van der Waals surface area contributed by atoms with Gasteiger partial charge in [-0.2, -0.15) is 0 Å². The van der Waals surface area contributed by atoms with Crippen LogP contribution in [-0.4, -0.2) is 33.1 Å². The lowest BCUT2D eigenvalue weighted by atomic mass is 10.0. The van der Waals surface area contributed by atoms with E-state index in [1.54, 1.807) is 24.5 Å². The fourth-order valence-corrected chi connectivity index (χ4v) is 4.52. The largest absolute Gasteiger partial charge is 0.465 e. The minimum atomic E-state index is -0.415. The van der Waals surface area contributed by atoms with Crippen molar-refractivity contribution in [2.45, 2.75) is 18.6 Å². The van der Waals surface area contributed by atoms with E-state index in [1.807, 2.05) is 60.8 Å². The number of carbonyl (C=O) groups is 1. The van der Waals surface area contributed by atoms with E-state index >= 15 is 0 Å². The number of thiocarbonyl (C=S) groups is 1. The number of nitrogens with one attached hydrogen (secondary N) is 1. The Bertz CT molecular complexity index is 1310. The Labute approximate surface area is 202 Å². The van der Waals surface area contributed by atoms with Gasteiger partial charge in [-0.25, -0.2) is 4.79 Å². The van der Waals surface area contributed by atoms with Gasteiger partial charge in [-0.15, -0.1) is 0 Å². The number of benzene rings is 1. The zero-order valence-electron chi connectivity index (χ0n) is 18.4. The first kappa shape index (κ1) is 21.8. The van der Waals surface area contributed by atoms with Gasteiger partial charge in [0.05, 0.1) is 24.4 Å². The van der Waals surface area contributed by atoms with Gasteiger partial charge in [0.2, 0.25) is 0 Å². The van der Waals surface area contributed by atoms with Crippen molar-refractivity contribution in [3.63, 3.8) is 0 Å². The Kier molecular flexibility index (Phi) is 6.05. The van der Waals surface area contributed by atoms with E-state index < -0.39 is 5.97 Å². The summed E-state index contributed by atoms with van der Waals surface area (Å²) in [6.45, 7) is 0.558. The molecule has 8 heteroatoms. The molecule has 0 amide bonds. The number of nitrogens with zero attached hydrogens (tertiary/aromatic N) is 3. The number of hydrogen-bond donors (Lipinski definition) is 1. The molecule has 0 saturated carbocycles. The van der Waals surface area contributed by atoms with Crippen LogP contribution in [0.15, 0.2) is 89.7 Å². The zero-order chi connectivity index (χ0) is 23.5. The first-order valence-electron chi connectivity index (χ1n) is 10.8. The first-order valence-corrected chi connectivity index (χ1v) is 11.2. The van der Waals surface area contributed by atoms with Gasteiger partial charge in [-0.3, -0.25) is 9.97 Å². The molecule has 1 fully saturated rings. The van der Waals surface area contributed by atoms with E-state index in [2.05, 4.69) is 20.2 Å². The minimum Gasteiger partial charge on any atom is -0.465 e. The molecule has 0 bridgehead atoms. The number of methoxy groups -OCH3 is 1.